The molecular formula is C13H16N4O2. The lowest BCUT2D eigenvalue weighted by atomic mass is 10.2. The van der Waals surface area contributed by atoms with Crippen molar-refractivity contribution < 1.29 is 4.74 Å². The van der Waals surface area contributed by atoms with Crippen LogP contribution in [0.4, 0.5) is 5.82 Å². The lowest BCUT2D eigenvalue weighted by Crippen LogP contribution is -2.28. The normalized spacial score (nSPS) is 18.8. The van der Waals surface area contributed by atoms with Crippen molar-refractivity contribution in [2.45, 2.75) is 18.9 Å². The van der Waals surface area contributed by atoms with Crippen LogP contribution in [0.25, 0.3) is 10.9 Å². The number of rotatable bonds is 3. The maximum Gasteiger partial charge on any atom is 0.347 e. The van der Waals surface area contributed by atoms with Crippen molar-refractivity contribution in [2.24, 2.45) is 0 Å². The molecule has 0 radical (unpaired) electrons. The largest absolute Gasteiger partial charge is 0.491 e. The van der Waals surface area contributed by atoms with Crippen LogP contribution in [0, 0.1) is 0 Å². The first-order chi connectivity index (χ1) is 9.24. The molecule has 4 N–H and O–H groups in total. The third kappa shape index (κ3) is 2.39. The maximum absolute atomic E-state index is 11.3. The van der Waals surface area contributed by atoms with Crippen molar-refractivity contribution in [1.29, 1.82) is 0 Å². The topological polar surface area (TPSA) is 93.0 Å². The van der Waals surface area contributed by atoms with Crippen LogP contribution in [-0.4, -0.2) is 29.2 Å². The van der Waals surface area contributed by atoms with E-state index < -0.39 is 5.69 Å². The van der Waals surface area contributed by atoms with Crippen molar-refractivity contribution in [2.75, 3.05) is 18.9 Å². The van der Waals surface area contributed by atoms with Gasteiger partial charge in [-0.15, -0.1) is 0 Å². The number of fused-ring (bicyclic) bond motifs is 1. The number of anilines is 1. The zero-order chi connectivity index (χ0) is 13.2. The molecule has 1 atom stereocenters. The Balaban J connectivity index is 1.92. The van der Waals surface area contributed by atoms with Gasteiger partial charge in [0.25, 0.3) is 0 Å². The van der Waals surface area contributed by atoms with E-state index >= 15 is 0 Å². The number of nitrogens with one attached hydrogen (secondary N) is 2. The summed E-state index contributed by atoms with van der Waals surface area (Å²) in [6, 6.07) is 5.84. The molecule has 6 nitrogen and oxygen atoms in total. The average molecular weight is 260 g/mol. The molecule has 100 valence electrons. The summed E-state index contributed by atoms with van der Waals surface area (Å²) in [5, 5.41) is 4.04. The fraction of sp³-hybridized carbons (Fsp3) is 0.385. The van der Waals surface area contributed by atoms with E-state index in [-0.39, 0.29) is 5.82 Å². The molecule has 6 heteroatoms. The number of benzene rings is 1. The van der Waals surface area contributed by atoms with E-state index in [0.717, 1.165) is 13.0 Å². The summed E-state index contributed by atoms with van der Waals surface area (Å²) in [4.78, 5) is 17.7. The minimum Gasteiger partial charge on any atom is -0.491 e. The number of nitrogens with zero attached hydrogens (tertiary/aromatic N) is 1. The van der Waals surface area contributed by atoms with Crippen molar-refractivity contribution in [3.8, 4) is 5.75 Å². The summed E-state index contributed by atoms with van der Waals surface area (Å²) >= 11 is 0. The maximum atomic E-state index is 11.3. The fourth-order valence-corrected chi connectivity index (χ4v) is 2.42. The number of aromatic nitrogens is 2. The van der Waals surface area contributed by atoms with Crippen molar-refractivity contribution in [3.63, 3.8) is 0 Å². The standard InChI is InChI=1S/C13H16N4O2/c14-12-11-9(16-13(18)17-12)4-1-5-10(11)19-7-8-3-2-6-15-8/h1,4-5,8,15H,2-3,6-7H2,(H3,14,16,17,18). The summed E-state index contributed by atoms with van der Waals surface area (Å²) in [7, 11) is 0. The van der Waals surface area contributed by atoms with E-state index in [2.05, 4.69) is 15.3 Å². The van der Waals surface area contributed by atoms with Crippen LogP contribution >= 0.6 is 0 Å². The van der Waals surface area contributed by atoms with Gasteiger partial charge in [0, 0.05) is 6.04 Å². The smallest absolute Gasteiger partial charge is 0.347 e. The molecule has 0 bridgehead atoms. The first kappa shape index (κ1) is 12.0. The van der Waals surface area contributed by atoms with Gasteiger partial charge in [-0.1, -0.05) is 6.07 Å². The lowest BCUT2D eigenvalue weighted by molar-refractivity contribution is 0.280. The van der Waals surface area contributed by atoms with Crippen LogP contribution in [0.2, 0.25) is 0 Å². The second-order valence-electron chi connectivity index (χ2n) is 4.71. The molecule has 0 spiro atoms. The predicted octanol–water partition coefficient (Wildman–Crippen LogP) is 0.636. The van der Waals surface area contributed by atoms with E-state index in [4.69, 9.17) is 10.5 Å². The Morgan fingerprint density at radius 2 is 2.37 bits per heavy atom. The lowest BCUT2D eigenvalue weighted by Gasteiger charge is -2.14. The van der Waals surface area contributed by atoms with Gasteiger partial charge in [0.15, 0.2) is 0 Å². The van der Waals surface area contributed by atoms with Gasteiger partial charge in [-0.25, -0.2) is 4.79 Å². The molecule has 1 aliphatic heterocycles. The van der Waals surface area contributed by atoms with E-state index in [1.807, 2.05) is 12.1 Å². The second-order valence-corrected chi connectivity index (χ2v) is 4.71. The number of ether oxygens (including phenoxy) is 1. The molecule has 0 aliphatic carbocycles. The fourth-order valence-electron chi connectivity index (χ4n) is 2.42. The second kappa shape index (κ2) is 4.89. The highest BCUT2D eigenvalue weighted by atomic mass is 16.5. The number of nitrogen functional groups attached to an aromatic ring is 1. The highest BCUT2D eigenvalue weighted by Gasteiger charge is 2.15. The van der Waals surface area contributed by atoms with Gasteiger partial charge < -0.3 is 20.8 Å². The number of hydrogen-bond acceptors (Lipinski definition) is 5. The first-order valence-electron chi connectivity index (χ1n) is 6.39. The molecule has 2 aromatic rings. The van der Waals surface area contributed by atoms with Crippen molar-refractivity contribution in [3.05, 3.63) is 28.7 Å². The Morgan fingerprint density at radius 1 is 1.47 bits per heavy atom. The Bertz CT molecular complexity index is 647. The molecule has 2 heterocycles. The van der Waals surface area contributed by atoms with Crippen LogP contribution in [0.5, 0.6) is 5.75 Å². The highest BCUT2D eigenvalue weighted by Crippen LogP contribution is 2.27. The number of hydrogen-bond donors (Lipinski definition) is 3. The van der Waals surface area contributed by atoms with Gasteiger partial charge in [0.1, 0.15) is 18.2 Å². The Hall–Kier alpha value is -2.08. The van der Waals surface area contributed by atoms with E-state index in [1.54, 1.807) is 6.07 Å². The number of H-pyrrole nitrogens is 1. The van der Waals surface area contributed by atoms with Crippen molar-refractivity contribution in [1.82, 2.24) is 15.3 Å². The minimum absolute atomic E-state index is 0.203. The van der Waals surface area contributed by atoms with Gasteiger partial charge in [0.05, 0.1) is 10.9 Å². The molecule has 0 saturated carbocycles. The van der Waals surface area contributed by atoms with E-state index in [1.165, 1.54) is 6.42 Å². The molecule has 3 rings (SSSR count). The molecule has 1 fully saturated rings. The van der Waals surface area contributed by atoms with Crippen LogP contribution in [0.15, 0.2) is 23.0 Å². The molecular weight excluding hydrogens is 244 g/mol. The zero-order valence-corrected chi connectivity index (χ0v) is 10.5. The monoisotopic (exact) mass is 260 g/mol. The van der Waals surface area contributed by atoms with Crippen molar-refractivity contribution >= 4 is 16.7 Å². The zero-order valence-electron chi connectivity index (χ0n) is 10.5. The molecule has 1 aliphatic rings. The van der Waals surface area contributed by atoms with Crippen LogP contribution in [-0.2, 0) is 0 Å². The molecule has 1 unspecified atom stereocenters. The van der Waals surface area contributed by atoms with Gasteiger partial charge >= 0.3 is 5.69 Å². The summed E-state index contributed by atoms with van der Waals surface area (Å²) in [6.45, 7) is 1.64. The predicted molar refractivity (Wildman–Crippen MR) is 73.3 cm³/mol. The third-order valence-corrected chi connectivity index (χ3v) is 3.35. The highest BCUT2D eigenvalue weighted by molar-refractivity contribution is 5.93. The first-order valence-corrected chi connectivity index (χ1v) is 6.39. The van der Waals surface area contributed by atoms with E-state index in [9.17, 15) is 4.79 Å². The van der Waals surface area contributed by atoms with Gasteiger partial charge in [0.2, 0.25) is 0 Å². The number of aromatic amines is 1. The SMILES string of the molecule is Nc1nc(=O)[nH]c2cccc(OCC3CCCN3)c12. The summed E-state index contributed by atoms with van der Waals surface area (Å²) < 4.78 is 5.82. The molecule has 1 aromatic heterocycles. The van der Waals surface area contributed by atoms with Crippen LogP contribution in [0.1, 0.15) is 12.8 Å². The number of nitrogens with two attached hydrogens (primary N) is 1. The summed E-state index contributed by atoms with van der Waals surface area (Å²) in [6.07, 6.45) is 2.30. The third-order valence-electron chi connectivity index (χ3n) is 3.35. The summed E-state index contributed by atoms with van der Waals surface area (Å²) in [5.74, 6) is 0.862. The van der Waals surface area contributed by atoms with Gasteiger partial charge in [-0.3, -0.25) is 0 Å². The van der Waals surface area contributed by atoms with E-state index in [0.29, 0.717) is 29.3 Å². The Morgan fingerprint density at radius 3 is 3.16 bits per heavy atom. The van der Waals surface area contributed by atoms with Crippen LogP contribution < -0.4 is 21.5 Å². The Kier molecular flexibility index (Phi) is 3.08. The minimum atomic E-state index is -0.445. The van der Waals surface area contributed by atoms with Crippen LogP contribution in [0.3, 0.4) is 0 Å². The quantitative estimate of drug-likeness (QED) is 0.753. The Labute approximate surface area is 110 Å². The molecule has 0 amide bonds. The summed E-state index contributed by atoms with van der Waals surface area (Å²) in [5.41, 5.74) is 6.02. The average Bonchev–Trinajstić information content (AvgIpc) is 2.88. The molecule has 1 saturated heterocycles. The van der Waals surface area contributed by atoms with Gasteiger partial charge in [-0.2, -0.15) is 4.98 Å². The molecule has 1 aromatic carbocycles. The molecule has 19 heavy (non-hydrogen) atoms. The van der Waals surface area contributed by atoms with Gasteiger partial charge in [-0.05, 0) is 31.5 Å².